The number of carboxylic acid groups (broad SMARTS) is 1. The van der Waals surface area contributed by atoms with Gasteiger partial charge < -0.3 is 16.6 Å². The number of nitrogens with zero attached hydrogens (tertiary/aromatic N) is 2. The molecule has 0 radical (unpaired) electrons. The summed E-state index contributed by atoms with van der Waals surface area (Å²) in [7, 11) is 1.12. The number of ether oxygens (including phenoxy) is 1. The summed E-state index contributed by atoms with van der Waals surface area (Å²) in [6.45, 7) is 1.37. The average molecular weight is 394 g/mol. The molecule has 0 saturated carbocycles. The molecule has 0 aromatic heterocycles. The minimum atomic E-state index is -1.23. The normalized spacial score (nSPS) is 10.5. The van der Waals surface area contributed by atoms with Crippen LogP contribution in [0.2, 0.25) is 0 Å². The van der Waals surface area contributed by atoms with E-state index in [2.05, 4.69) is 20.4 Å². The van der Waals surface area contributed by atoms with E-state index in [9.17, 15) is 19.7 Å². The number of thioether (sulfide) groups is 1. The first-order valence-corrected chi connectivity index (χ1v) is 8.15. The number of carbonyl (C=O) groups is 2. The molecule has 0 unspecified atom stereocenters. The molecule has 1 amide bonds. The zero-order valence-corrected chi connectivity index (χ0v) is 17.5. The fourth-order valence-corrected chi connectivity index (χ4v) is 2.42. The topological polar surface area (TPSA) is 143 Å². The summed E-state index contributed by atoms with van der Waals surface area (Å²) in [5, 5.41) is 24.7. The number of nitrogens with one attached hydrogen (secondary N) is 2. The SMILES string of the molecule is CCCSc1ccc([N+](=O)[O-])c(NC(=NCC(=O)O)NC(=O)OC)c1.[H-].[Na+]. The van der Waals surface area contributed by atoms with Crippen molar-refractivity contribution in [3.63, 3.8) is 0 Å². The summed E-state index contributed by atoms with van der Waals surface area (Å²) < 4.78 is 4.42. The molecule has 0 saturated heterocycles. The number of hydrogen-bond acceptors (Lipinski definition) is 7. The number of amides is 1. The molecule has 26 heavy (non-hydrogen) atoms. The van der Waals surface area contributed by atoms with Crippen molar-refractivity contribution in [2.45, 2.75) is 18.2 Å². The Morgan fingerprint density at radius 1 is 1.46 bits per heavy atom. The zero-order valence-electron chi connectivity index (χ0n) is 15.6. The van der Waals surface area contributed by atoms with Crippen LogP contribution in [0.3, 0.4) is 0 Å². The van der Waals surface area contributed by atoms with Crippen molar-refractivity contribution in [2.75, 3.05) is 24.7 Å². The van der Waals surface area contributed by atoms with E-state index in [0.29, 0.717) is 0 Å². The number of nitro benzene ring substituents is 1. The molecule has 1 rings (SSSR count). The average Bonchev–Trinajstić information content (AvgIpc) is 2.57. The Kier molecular flexibility index (Phi) is 11.6. The third kappa shape index (κ3) is 8.52. The molecule has 12 heteroatoms. The van der Waals surface area contributed by atoms with Crippen LogP contribution in [0.25, 0.3) is 0 Å². The standard InChI is InChI=1S/C14H18N4O6S.Na.H/c1-3-6-25-9-4-5-11(18(22)23)10(7-9)16-13(15-8-12(19)20)17-14(21)24-2;;/h4-5,7H,3,6,8H2,1-2H3,(H,19,20)(H2,15,16,17,21);;/q;+1;-1. The molecule has 10 nitrogen and oxygen atoms in total. The number of rotatable bonds is 7. The van der Waals surface area contributed by atoms with Gasteiger partial charge in [-0.15, -0.1) is 11.8 Å². The number of aliphatic carboxylic acids is 1. The fraction of sp³-hybridized carbons (Fsp3) is 0.357. The van der Waals surface area contributed by atoms with Crippen molar-refractivity contribution in [3.05, 3.63) is 28.3 Å². The Bertz CT molecular complexity index is 692. The Hall–Kier alpha value is -1.82. The van der Waals surface area contributed by atoms with Crippen LogP contribution in [0, 0.1) is 10.1 Å². The molecule has 0 bridgehead atoms. The number of methoxy groups -OCH3 is 1. The molecule has 1 aromatic carbocycles. The van der Waals surface area contributed by atoms with E-state index in [4.69, 9.17) is 5.11 Å². The predicted octanol–water partition coefficient (Wildman–Crippen LogP) is -0.578. The third-order valence-corrected chi connectivity index (χ3v) is 3.87. The summed E-state index contributed by atoms with van der Waals surface area (Å²) in [6.07, 6.45) is 0.0374. The Labute approximate surface area is 177 Å². The van der Waals surface area contributed by atoms with Crippen LogP contribution >= 0.6 is 11.8 Å². The van der Waals surface area contributed by atoms with Gasteiger partial charge in [0.2, 0.25) is 5.96 Å². The Morgan fingerprint density at radius 3 is 2.69 bits per heavy atom. The molecule has 3 N–H and O–H groups in total. The second-order valence-electron chi connectivity index (χ2n) is 4.58. The summed E-state index contributed by atoms with van der Waals surface area (Å²) in [4.78, 5) is 37.1. The van der Waals surface area contributed by atoms with Crippen LogP contribution in [0.5, 0.6) is 0 Å². The van der Waals surface area contributed by atoms with Crippen molar-refractivity contribution in [1.82, 2.24) is 5.32 Å². The van der Waals surface area contributed by atoms with Crippen LogP contribution in [0.4, 0.5) is 16.2 Å². The van der Waals surface area contributed by atoms with Gasteiger partial charge in [0.05, 0.1) is 12.0 Å². The first-order chi connectivity index (χ1) is 11.9. The minimum Gasteiger partial charge on any atom is -1.00 e. The van der Waals surface area contributed by atoms with Gasteiger partial charge in [-0.25, -0.2) is 9.79 Å². The van der Waals surface area contributed by atoms with E-state index >= 15 is 0 Å². The molecule has 138 valence electrons. The molecule has 0 aliphatic heterocycles. The van der Waals surface area contributed by atoms with Gasteiger partial charge in [-0.1, -0.05) is 6.92 Å². The Morgan fingerprint density at radius 2 is 2.15 bits per heavy atom. The first-order valence-electron chi connectivity index (χ1n) is 7.16. The second kappa shape index (κ2) is 12.5. The van der Waals surface area contributed by atoms with Crippen molar-refractivity contribution in [3.8, 4) is 0 Å². The van der Waals surface area contributed by atoms with Crippen molar-refractivity contribution >= 4 is 41.2 Å². The van der Waals surface area contributed by atoms with E-state index in [0.717, 1.165) is 24.2 Å². The van der Waals surface area contributed by atoms with Gasteiger partial charge in [0.1, 0.15) is 12.2 Å². The number of guanidine groups is 1. The van der Waals surface area contributed by atoms with Crippen LogP contribution < -0.4 is 40.2 Å². The molecule has 1 aromatic rings. The van der Waals surface area contributed by atoms with Gasteiger partial charge >= 0.3 is 41.6 Å². The van der Waals surface area contributed by atoms with E-state index < -0.39 is 23.5 Å². The van der Waals surface area contributed by atoms with Crippen LogP contribution in [0.1, 0.15) is 14.8 Å². The molecular formula is C14H19N4NaO6S. The van der Waals surface area contributed by atoms with Crippen LogP contribution in [-0.2, 0) is 9.53 Å². The number of carbonyl (C=O) groups excluding carboxylic acids is 1. The summed E-state index contributed by atoms with van der Waals surface area (Å²) in [5.41, 5.74) is -0.165. The van der Waals surface area contributed by atoms with Gasteiger partial charge in [-0.2, -0.15) is 0 Å². The smallest absolute Gasteiger partial charge is 1.00 e. The predicted molar refractivity (Wildman–Crippen MR) is 94.3 cm³/mol. The maximum absolute atomic E-state index is 11.3. The molecular weight excluding hydrogens is 375 g/mol. The van der Waals surface area contributed by atoms with Crippen LogP contribution in [-0.4, -0.2) is 47.5 Å². The number of hydrogen-bond donors (Lipinski definition) is 3. The molecule has 0 atom stereocenters. The molecule has 0 aliphatic carbocycles. The quantitative estimate of drug-likeness (QED) is 0.139. The molecule has 0 aliphatic rings. The molecule has 0 heterocycles. The van der Waals surface area contributed by atoms with Gasteiger partial charge in [-0.05, 0) is 24.3 Å². The van der Waals surface area contributed by atoms with E-state index in [1.54, 1.807) is 6.07 Å². The van der Waals surface area contributed by atoms with Crippen molar-refractivity contribution in [1.29, 1.82) is 0 Å². The van der Waals surface area contributed by atoms with Gasteiger partial charge in [0.25, 0.3) is 5.69 Å². The maximum Gasteiger partial charge on any atom is 1.00 e. The van der Waals surface area contributed by atoms with E-state index in [1.165, 1.54) is 23.9 Å². The second-order valence-corrected chi connectivity index (χ2v) is 5.75. The number of carboxylic acids is 1. The summed E-state index contributed by atoms with van der Waals surface area (Å²) in [5.74, 6) is -0.667. The fourth-order valence-electron chi connectivity index (χ4n) is 1.62. The summed E-state index contributed by atoms with van der Waals surface area (Å²) >= 11 is 1.51. The number of benzene rings is 1. The van der Waals surface area contributed by atoms with E-state index in [-0.39, 0.29) is 48.3 Å². The minimum absolute atomic E-state index is 0. The van der Waals surface area contributed by atoms with Gasteiger partial charge in [0.15, 0.2) is 0 Å². The van der Waals surface area contributed by atoms with Crippen molar-refractivity contribution < 1.29 is 55.3 Å². The Balaban J connectivity index is 0. The van der Waals surface area contributed by atoms with Crippen LogP contribution in [0.15, 0.2) is 28.1 Å². The van der Waals surface area contributed by atoms with Gasteiger partial charge in [0, 0.05) is 11.0 Å². The number of alkyl carbamates (subject to hydrolysis) is 1. The molecule has 0 fully saturated rings. The molecule has 0 spiro atoms. The number of nitro groups is 1. The van der Waals surface area contributed by atoms with E-state index in [1.807, 2.05) is 6.92 Å². The van der Waals surface area contributed by atoms with Crippen molar-refractivity contribution in [2.24, 2.45) is 4.99 Å². The monoisotopic (exact) mass is 394 g/mol. The number of aliphatic imine (C=N–C) groups is 1. The summed E-state index contributed by atoms with van der Waals surface area (Å²) in [6, 6.07) is 4.48. The van der Waals surface area contributed by atoms with Gasteiger partial charge in [-0.3, -0.25) is 20.2 Å². The zero-order chi connectivity index (χ0) is 18.8. The third-order valence-electron chi connectivity index (χ3n) is 2.67. The largest absolute Gasteiger partial charge is 1.00 e. The number of anilines is 1. The first kappa shape index (κ1) is 24.2. The maximum atomic E-state index is 11.3.